The Morgan fingerprint density at radius 3 is 2.65 bits per heavy atom. The van der Waals surface area contributed by atoms with Crippen molar-refractivity contribution in [1.82, 2.24) is 10.1 Å². The van der Waals surface area contributed by atoms with E-state index in [0.717, 1.165) is 43.6 Å². The number of carbonyl (C=O) groups is 1. The number of aliphatic hydroxyl groups is 1. The number of carbonyl (C=O) groups excluding carboxylic acids is 1. The molecule has 5 rings (SSSR count). The van der Waals surface area contributed by atoms with Crippen LogP contribution in [0.3, 0.4) is 0 Å². The number of nitrogens with zero attached hydrogens (tertiary/aromatic N) is 2. The standard InChI is InChI=1S/C18H26N2O3/c1-12-3-15(19-23-12)10-20(2)16(21)9-17-5-13-4-14(6-17)8-18(22,7-13)11-17/h3,13-14,22H,4-11H2,1-2H3/t13-,14-,17?,18?/m1/s1. The zero-order valence-corrected chi connectivity index (χ0v) is 14.0. The van der Waals surface area contributed by atoms with Crippen LogP contribution in [0.4, 0.5) is 0 Å². The van der Waals surface area contributed by atoms with Gasteiger partial charge in [-0.05, 0) is 62.7 Å². The average molecular weight is 318 g/mol. The maximum atomic E-state index is 12.7. The molecule has 5 nitrogen and oxygen atoms in total. The van der Waals surface area contributed by atoms with Gasteiger partial charge in [0.25, 0.3) is 0 Å². The first kappa shape index (κ1) is 15.2. The Bertz CT molecular complexity index is 610. The maximum Gasteiger partial charge on any atom is 0.223 e. The van der Waals surface area contributed by atoms with E-state index in [1.165, 1.54) is 6.42 Å². The summed E-state index contributed by atoms with van der Waals surface area (Å²) in [6.45, 7) is 2.35. The molecule has 0 saturated heterocycles. The largest absolute Gasteiger partial charge is 0.390 e. The number of rotatable bonds is 4. The van der Waals surface area contributed by atoms with E-state index in [4.69, 9.17) is 4.52 Å². The highest BCUT2D eigenvalue weighted by Gasteiger charge is 2.57. The maximum absolute atomic E-state index is 12.7. The Kier molecular flexibility index (Phi) is 3.34. The van der Waals surface area contributed by atoms with E-state index in [1.54, 1.807) is 4.90 Å². The van der Waals surface area contributed by atoms with E-state index in [1.807, 2.05) is 20.0 Å². The van der Waals surface area contributed by atoms with Gasteiger partial charge in [0.15, 0.2) is 0 Å². The fraction of sp³-hybridized carbons (Fsp3) is 0.778. The van der Waals surface area contributed by atoms with Crippen molar-refractivity contribution in [2.45, 2.75) is 64.0 Å². The summed E-state index contributed by atoms with van der Waals surface area (Å²) in [6.07, 6.45) is 6.78. The molecule has 0 unspecified atom stereocenters. The summed E-state index contributed by atoms with van der Waals surface area (Å²) in [4.78, 5) is 14.5. The van der Waals surface area contributed by atoms with Crippen LogP contribution in [0.25, 0.3) is 0 Å². The van der Waals surface area contributed by atoms with E-state index < -0.39 is 5.60 Å². The van der Waals surface area contributed by atoms with Gasteiger partial charge in [-0.3, -0.25) is 4.79 Å². The second-order valence-corrected chi connectivity index (χ2v) is 8.54. The van der Waals surface area contributed by atoms with Crippen molar-refractivity contribution in [3.05, 3.63) is 17.5 Å². The Balaban J connectivity index is 1.44. The SMILES string of the molecule is Cc1cc(CN(C)C(=O)CC23C[C@H]4C[C@@H](CC(O)(C4)C2)C3)no1. The van der Waals surface area contributed by atoms with Crippen LogP contribution in [-0.2, 0) is 11.3 Å². The van der Waals surface area contributed by atoms with Crippen LogP contribution in [0, 0.1) is 24.2 Å². The second-order valence-electron chi connectivity index (χ2n) is 8.54. The van der Waals surface area contributed by atoms with Crippen LogP contribution in [0.1, 0.15) is 56.4 Å². The number of amides is 1. The van der Waals surface area contributed by atoms with E-state index in [-0.39, 0.29) is 11.3 Å². The molecule has 0 aliphatic heterocycles. The van der Waals surface area contributed by atoms with Crippen LogP contribution in [-0.4, -0.2) is 33.7 Å². The van der Waals surface area contributed by atoms with Gasteiger partial charge in [-0.1, -0.05) is 5.16 Å². The normalized spacial score (nSPS) is 38.0. The van der Waals surface area contributed by atoms with Gasteiger partial charge in [0, 0.05) is 19.5 Å². The van der Waals surface area contributed by atoms with Crippen LogP contribution < -0.4 is 0 Å². The van der Waals surface area contributed by atoms with Crippen LogP contribution in [0.2, 0.25) is 0 Å². The first-order chi connectivity index (χ1) is 10.8. The first-order valence-corrected chi connectivity index (χ1v) is 8.73. The lowest BCUT2D eigenvalue weighted by molar-refractivity contribution is -0.171. The topological polar surface area (TPSA) is 66.6 Å². The third-order valence-corrected chi connectivity index (χ3v) is 6.18. The fourth-order valence-corrected chi connectivity index (χ4v) is 5.89. The lowest BCUT2D eigenvalue weighted by atomic mass is 9.47. The summed E-state index contributed by atoms with van der Waals surface area (Å²) in [5, 5.41) is 14.8. The molecule has 4 saturated carbocycles. The summed E-state index contributed by atoms with van der Waals surface area (Å²) in [7, 11) is 1.83. The third kappa shape index (κ3) is 2.80. The van der Waals surface area contributed by atoms with Crippen molar-refractivity contribution in [2.75, 3.05) is 7.05 Å². The summed E-state index contributed by atoms with van der Waals surface area (Å²) >= 11 is 0. The molecule has 126 valence electrons. The molecule has 2 atom stereocenters. The zero-order chi connectivity index (χ0) is 16.2. The van der Waals surface area contributed by atoms with Crippen LogP contribution in [0.15, 0.2) is 10.6 Å². The molecule has 4 fully saturated rings. The zero-order valence-electron chi connectivity index (χ0n) is 14.0. The van der Waals surface area contributed by atoms with Crippen molar-refractivity contribution in [2.24, 2.45) is 17.3 Å². The first-order valence-electron chi connectivity index (χ1n) is 8.73. The van der Waals surface area contributed by atoms with Gasteiger partial charge in [-0.25, -0.2) is 0 Å². The molecule has 1 aromatic heterocycles. The van der Waals surface area contributed by atoms with E-state index in [9.17, 15) is 9.90 Å². The molecule has 23 heavy (non-hydrogen) atoms. The quantitative estimate of drug-likeness (QED) is 0.927. The van der Waals surface area contributed by atoms with Crippen molar-refractivity contribution in [1.29, 1.82) is 0 Å². The highest BCUT2D eigenvalue weighted by molar-refractivity contribution is 5.76. The second kappa shape index (κ2) is 5.07. The van der Waals surface area contributed by atoms with Gasteiger partial charge in [0.1, 0.15) is 11.5 Å². The Morgan fingerprint density at radius 2 is 2.09 bits per heavy atom. The molecular weight excluding hydrogens is 292 g/mol. The minimum atomic E-state index is -0.494. The van der Waals surface area contributed by atoms with Gasteiger partial charge < -0.3 is 14.5 Å². The van der Waals surface area contributed by atoms with E-state index >= 15 is 0 Å². The number of aryl methyl sites for hydroxylation is 1. The number of aromatic nitrogens is 1. The van der Waals surface area contributed by atoms with E-state index in [2.05, 4.69) is 5.16 Å². The van der Waals surface area contributed by atoms with Crippen molar-refractivity contribution < 1.29 is 14.4 Å². The molecule has 5 heteroatoms. The molecule has 1 N–H and O–H groups in total. The average Bonchev–Trinajstić information content (AvgIpc) is 2.80. The Morgan fingerprint density at radius 1 is 1.39 bits per heavy atom. The van der Waals surface area contributed by atoms with Gasteiger partial charge in [-0.15, -0.1) is 0 Å². The number of hydrogen-bond acceptors (Lipinski definition) is 4. The lowest BCUT2D eigenvalue weighted by Gasteiger charge is -2.60. The molecule has 0 spiro atoms. The highest BCUT2D eigenvalue weighted by Crippen LogP contribution is 2.62. The summed E-state index contributed by atoms with van der Waals surface area (Å²) in [5.41, 5.74) is 0.332. The molecular formula is C18H26N2O3. The third-order valence-electron chi connectivity index (χ3n) is 6.18. The Labute approximate surface area is 137 Å². The monoisotopic (exact) mass is 318 g/mol. The summed E-state index contributed by atoms with van der Waals surface area (Å²) < 4.78 is 5.07. The number of hydrogen-bond donors (Lipinski definition) is 1. The molecule has 4 aliphatic carbocycles. The summed E-state index contributed by atoms with van der Waals surface area (Å²) in [5.74, 6) is 2.18. The van der Waals surface area contributed by atoms with E-state index in [0.29, 0.717) is 24.8 Å². The Hall–Kier alpha value is -1.36. The highest BCUT2D eigenvalue weighted by atomic mass is 16.5. The minimum Gasteiger partial charge on any atom is -0.390 e. The van der Waals surface area contributed by atoms with Crippen LogP contribution >= 0.6 is 0 Å². The molecule has 4 aliphatic rings. The molecule has 1 amide bonds. The van der Waals surface area contributed by atoms with Gasteiger partial charge in [0.05, 0.1) is 12.1 Å². The van der Waals surface area contributed by atoms with Gasteiger partial charge >= 0.3 is 0 Å². The van der Waals surface area contributed by atoms with Crippen LogP contribution in [0.5, 0.6) is 0 Å². The smallest absolute Gasteiger partial charge is 0.223 e. The van der Waals surface area contributed by atoms with Crippen molar-refractivity contribution >= 4 is 5.91 Å². The molecule has 1 aromatic rings. The molecule has 4 bridgehead atoms. The van der Waals surface area contributed by atoms with Gasteiger partial charge in [0.2, 0.25) is 5.91 Å². The predicted octanol–water partition coefficient (Wildman–Crippen LogP) is 2.66. The predicted molar refractivity (Wildman–Crippen MR) is 84.4 cm³/mol. The molecule has 1 heterocycles. The molecule has 0 radical (unpaired) electrons. The fourth-order valence-electron chi connectivity index (χ4n) is 5.89. The van der Waals surface area contributed by atoms with Crippen molar-refractivity contribution in [3.63, 3.8) is 0 Å². The molecule has 0 aromatic carbocycles. The lowest BCUT2D eigenvalue weighted by Crippen LogP contribution is -2.56. The minimum absolute atomic E-state index is 0.0317. The summed E-state index contributed by atoms with van der Waals surface area (Å²) in [6, 6.07) is 1.87. The van der Waals surface area contributed by atoms with Gasteiger partial charge in [-0.2, -0.15) is 0 Å². The van der Waals surface area contributed by atoms with Crippen molar-refractivity contribution in [3.8, 4) is 0 Å².